The lowest BCUT2D eigenvalue weighted by molar-refractivity contribution is -0.137. The van der Waals surface area contributed by atoms with Crippen LogP contribution < -0.4 is 0 Å². The zero-order chi connectivity index (χ0) is 14.7. The Morgan fingerprint density at radius 2 is 2.00 bits per heavy atom. The van der Waals surface area contributed by atoms with Crippen molar-refractivity contribution in [2.75, 3.05) is 46.5 Å². The molecule has 1 saturated carbocycles. The number of methoxy groups -OCH3 is 1. The predicted molar refractivity (Wildman–Crippen MR) is 80.1 cm³/mol. The quantitative estimate of drug-likeness (QED) is 0.706. The van der Waals surface area contributed by atoms with Gasteiger partial charge in [0.25, 0.3) is 0 Å². The number of ether oxygens (including phenoxy) is 2. The van der Waals surface area contributed by atoms with Crippen molar-refractivity contribution in [2.45, 2.75) is 44.2 Å². The average molecular weight is 296 g/mol. The highest BCUT2D eigenvalue weighted by Gasteiger charge is 2.36. The Hall–Kier alpha value is -0.650. The minimum atomic E-state index is 0.138. The number of amides is 1. The Kier molecular flexibility index (Phi) is 5.14. The van der Waals surface area contributed by atoms with Crippen LogP contribution >= 0.6 is 0 Å². The van der Waals surface area contributed by atoms with E-state index in [1.54, 1.807) is 7.11 Å². The van der Waals surface area contributed by atoms with Crippen molar-refractivity contribution in [3.63, 3.8) is 0 Å². The second-order valence-electron chi connectivity index (χ2n) is 6.76. The van der Waals surface area contributed by atoms with E-state index in [1.807, 2.05) is 4.90 Å². The van der Waals surface area contributed by atoms with Crippen molar-refractivity contribution >= 4 is 5.91 Å². The summed E-state index contributed by atoms with van der Waals surface area (Å²) in [5.41, 5.74) is 0. The van der Waals surface area contributed by atoms with Crippen LogP contribution in [0, 0.1) is 5.92 Å². The monoisotopic (exact) mass is 296 g/mol. The predicted octanol–water partition coefficient (Wildman–Crippen LogP) is 1.12. The van der Waals surface area contributed by atoms with Gasteiger partial charge < -0.3 is 19.3 Å². The number of likely N-dealkylation sites (tertiary alicyclic amines) is 2. The third-order valence-corrected chi connectivity index (χ3v) is 4.97. The first-order valence-electron chi connectivity index (χ1n) is 8.38. The van der Waals surface area contributed by atoms with E-state index in [0.717, 1.165) is 26.1 Å². The highest BCUT2D eigenvalue weighted by atomic mass is 16.5. The van der Waals surface area contributed by atoms with E-state index in [4.69, 9.17) is 9.47 Å². The van der Waals surface area contributed by atoms with Gasteiger partial charge in [-0.1, -0.05) is 0 Å². The molecule has 0 aromatic rings. The molecule has 2 aliphatic heterocycles. The first-order chi connectivity index (χ1) is 10.3. The first kappa shape index (κ1) is 15.3. The molecule has 5 heteroatoms. The molecule has 0 unspecified atom stereocenters. The third-order valence-electron chi connectivity index (χ3n) is 4.97. The normalized spacial score (nSPS) is 30.2. The lowest BCUT2D eigenvalue weighted by atomic mass is 10.2. The van der Waals surface area contributed by atoms with Crippen LogP contribution in [0.2, 0.25) is 0 Å². The lowest BCUT2D eigenvalue weighted by Crippen LogP contribution is -2.44. The van der Waals surface area contributed by atoms with E-state index < -0.39 is 0 Å². The Bertz CT molecular complexity index is 353. The van der Waals surface area contributed by atoms with Gasteiger partial charge in [0, 0.05) is 26.2 Å². The molecule has 2 saturated heterocycles. The van der Waals surface area contributed by atoms with E-state index in [-0.39, 0.29) is 18.6 Å². The minimum absolute atomic E-state index is 0.138. The smallest absolute Gasteiger partial charge is 0.248 e. The third kappa shape index (κ3) is 4.18. The van der Waals surface area contributed by atoms with Crippen molar-refractivity contribution < 1.29 is 14.3 Å². The van der Waals surface area contributed by atoms with E-state index in [1.165, 1.54) is 38.8 Å². The van der Waals surface area contributed by atoms with Crippen molar-refractivity contribution in [1.29, 1.82) is 0 Å². The Morgan fingerprint density at radius 3 is 2.67 bits per heavy atom. The summed E-state index contributed by atoms with van der Waals surface area (Å²) in [7, 11) is 1.75. The summed E-state index contributed by atoms with van der Waals surface area (Å²) in [6.07, 6.45) is 6.26. The van der Waals surface area contributed by atoms with Gasteiger partial charge in [-0.25, -0.2) is 0 Å². The SMILES string of the molecule is CO[C@H]1C[C@@H](CN2CCCC2)N(C(=O)COCC2CC2)C1. The van der Waals surface area contributed by atoms with Crippen molar-refractivity contribution in [2.24, 2.45) is 5.92 Å². The van der Waals surface area contributed by atoms with Crippen LogP contribution in [-0.2, 0) is 14.3 Å². The second-order valence-corrected chi connectivity index (χ2v) is 6.76. The molecule has 21 heavy (non-hydrogen) atoms. The molecule has 2 heterocycles. The Balaban J connectivity index is 1.49. The molecule has 120 valence electrons. The van der Waals surface area contributed by atoms with Gasteiger partial charge in [0.2, 0.25) is 5.91 Å². The van der Waals surface area contributed by atoms with Crippen LogP contribution in [0.4, 0.5) is 0 Å². The number of rotatable bonds is 7. The van der Waals surface area contributed by atoms with Gasteiger partial charge in [-0.15, -0.1) is 0 Å². The molecule has 0 aromatic carbocycles. The molecular weight excluding hydrogens is 268 g/mol. The number of hydrogen-bond donors (Lipinski definition) is 0. The standard InChI is InChI=1S/C16H28N2O3/c1-20-15-8-14(9-17-6-2-3-7-17)18(10-15)16(19)12-21-11-13-4-5-13/h13-15H,2-12H2,1H3/t14-,15-/m0/s1. The summed E-state index contributed by atoms with van der Waals surface area (Å²) in [4.78, 5) is 16.9. The summed E-state index contributed by atoms with van der Waals surface area (Å²) in [6, 6.07) is 0.296. The van der Waals surface area contributed by atoms with Crippen molar-refractivity contribution in [1.82, 2.24) is 9.80 Å². The molecule has 0 spiro atoms. The molecule has 0 radical (unpaired) electrons. The van der Waals surface area contributed by atoms with Gasteiger partial charge in [-0.05, 0) is 51.1 Å². The fourth-order valence-corrected chi connectivity index (χ4v) is 3.47. The maximum absolute atomic E-state index is 12.4. The van der Waals surface area contributed by atoms with E-state index in [9.17, 15) is 4.79 Å². The highest BCUT2D eigenvalue weighted by molar-refractivity contribution is 5.78. The maximum atomic E-state index is 12.4. The van der Waals surface area contributed by atoms with Gasteiger partial charge in [0.1, 0.15) is 6.61 Å². The largest absolute Gasteiger partial charge is 0.380 e. The van der Waals surface area contributed by atoms with Crippen LogP contribution in [-0.4, -0.2) is 74.4 Å². The molecule has 3 fully saturated rings. The van der Waals surface area contributed by atoms with Gasteiger partial charge >= 0.3 is 0 Å². The average Bonchev–Trinajstić information content (AvgIpc) is 3.01. The molecule has 0 N–H and O–H groups in total. The molecule has 1 amide bonds. The highest BCUT2D eigenvalue weighted by Crippen LogP contribution is 2.29. The molecule has 3 aliphatic rings. The van der Waals surface area contributed by atoms with E-state index >= 15 is 0 Å². The number of nitrogens with zero attached hydrogens (tertiary/aromatic N) is 2. The number of carbonyl (C=O) groups excluding carboxylic acids is 1. The van der Waals surface area contributed by atoms with Gasteiger partial charge in [0.15, 0.2) is 0 Å². The minimum Gasteiger partial charge on any atom is -0.380 e. The summed E-state index contributed by atoms with van der Waals surface area (Å²) in [5, 5.41) is 0. The summed E-state index contributed by atoms with van der Waals surface area (Å²) in [5.74, 6) is 0.850. The fraction of sp³-hybridized carbons (Fsp3) is 0.938. The maximum Gasteiger partial charge on any atom is 0.248 e. The number of carbonyl (C=O) groups is 1. The molecule has 1 aliphatic carbocycles. The molecule has 2 atom stereocenters. The zero-order valence-electron chi connectivity index (χ0n) is 13.1. The molecule has 5 nitrogen and oxygen atoms in total. The molecule has 0 aromatic heterocycles. The van der Waals surface area contributed by atoms with Crippen molar-refractivity contribution in [3.8, 4) is 0 Å². The fourth-order valence-electron chi connectivity index (χ4n) is 3.47. The summed E-state index contributed by atoms with van der Waals surface area (Å²) >= 11 is 0. The molecular formula is C16H28N2O3. The van der Waals surface area contributed by atoms with Crippen LogP contribution in [0.1, 0.15) is 32.1 Å². The molecule has 3 rings (SSSR count). The topological polar surface area (TPSA) is 42.0 Å². The van der Waals surface area contributed by atoms with Gasteiger partial charge in [-0.2, -0.15) is 0 Å². The lowest BCUT2D eigenvalue weighted by Gasteiger charge is -2.28. The first-order valence-corrected chi connectivity index (χ1v) is 8.38. The Labute approximate surface area is 127 Å². The van der Waals surface area contributed by atoms with E-state index in [0.29, 0.717) is 12.0 Å². The molecule has 0 bridgehead atoms. The van der Waals surface area contributed by atoms with Crippen LogP contribution in [0.15, 0.2) is 0 Å². The Morgan fingerprint density at radius 1 is 1.24 bits per heavy atom. The van der Waals surface area contributed by atoms with Crippen LogP contribution in [0.3, 0.4) is 0 Å². The number of hydrogen-bond acceptors (Lipinski definition) is 4. The van der Waals surface area contributed by atoms with Crippen LogP contribution in [0.25, 0.3) is 0 Å². The summed E-state index contributed by atoms with van der Waals surface area (Å²) in [6.45, 7) is 5.06. The second kappa shape index (κ2) is 7.07. The van der Waals surface area contributed by atoms with Gasteiger partial charge in [-0.3, -0.25) is 4.79 Å². The summed E-state index contributed by atoms with van der Waals surface area (Å²) < 4.78 is 11.1. The van der Waals surface area contributed by atoms with Crippen LogP contribution in [0.5, 0.6) is 0 Å². The van der Waals surface area contributed by atoms with E-state index in [2.05, 4.69) is 4.90 Å². The van der Waals surface area contributed by atoms with Crippen molar-refractivity contribution in [3.05, 3.63) is 0 Å². The van der Waals surface area contributed by atoms with Gasteiger partial charge in [0.05, 0.1) is 12.7 Å². The zero-order valence-corrected chi connectivity index (χ0v) is 13.1.